The molecule has 118 valence electrons. The van der Waals surface area contributed by atoms with E-state index in [0.29, 0.717) is 11.3 Å². The number of rotatable bonds is 4. The zero-order chi connectivity index (χ0) is 15.5. The van der Waals surface area contributed by atoms with Crippen LogP contribution in [-0.2, 0) is 12.8 Å². The third kappa shape index (κ3) is 4.57. The molecule has 1 saturated carbocycles. The van der Waals surface area contributed by atoms with E-state index in [1.54, 1.807) is 0 Å². The van der Waals surface area contributed by atoms with Crippen LogP contribution in [0.3, 0.4) is 0 Å². The molecule has 0 aromatic heterocycles. The Labute approximate surface area is 130 Å². The lowest BCUT2D eigenvalue weighted by Gasteiger charge is -2.38. The van der Waals surface area contributed by atoms with Crippen molar-refractivity contribution in [2.45, 2.75) is 72.3 Å². The van der Waals surface area contributed by atoms with Crippen LogP contribution in [0, 0.1) is 17.3 Å². The summed E-state index contributed by atoms with van der Waals surface area (Å²) in [6, 6.07) is 8.75. The molecule has 1 fully saturated rings. The van der Waals surface area contributed by atoms with Crippen LogP contribution in [0.1, 0.15) is 64.5 Å². The molecule has 1 heteroatoms. The van der Waals surface area contributed by atoms with Gasteiger partial charge in [0.1, 0.15) is 0 Å². The fourth-order valence-corrected chi connectivity index (χ4v) is 3.69. The van der Waals surface area contributed by atoms with E-state index in [4.69, 9.17) is 0 Å². The fourth-order valence-electron chi connectivity index (χ4n) is 3.69. The van der Waals surface area contributed by atoms with Gasteiger partial charge in [-0.2, -0.15) is 0 Å². The summed E-state index contributed by atoms with van der Waals surface area (Å²) in [5, 5.41) is 10.5. The molecule has 1 aromatic rings. The van der Waals surface area contributed by atoms with Crippen molar-refractivity contribution in [1.29, 1.82) is 0 Å². The number of hydrogen-bond donors (Lipinski definition) is 1. The molecular weight excluding hydrogens is 256 g/mol. The minimum atomic E-state index is -0.168. The van der Waals surface area contributed by atoms with Crippen LogP contribution in [0.25, 0.3) is 0 Å². The van der Waals surface area contributed by atoms with Gasteiger partial charge in [0.15, 0.2) is 0 Å². The number of aliphatic hydroxyl groups is 1. The first-order valence-corrected chi connectivity index (χ1v) is 8.66. The average molecular weight is 288 g/mol. The normalized spacial score (nSPS) is 24.8. The Balaban J connectivity index is 1.85. The van der Waals surface area contributed by atoms with E-state index in [-0.39, 0.29) is 6.10 Å². The monoisotopic (exact) mass is 288 g/mol. The van der Waals surface area contributed by atoms with Gasteiger partial charge in [0.05, 0.1) is 6.10 Å². The van der Waals surface area contributed by atoms with E-state index in [1.165, 1.54) is 36.8 Å². The molecule has 21 heavy (non-hydrogen) atoms. The van der Waals surface area contributed by atoms with Crippen molar-refractivity contribution in [3.63, 3.8) is 0 Å². The average Bonchev–Trinajstić information content (AvgIpc) is 2.47. The molecule has 1 nitrogen and oxygen atoms in total. The molecule has 1 aliphatic carbocycles. The fraction of sp³-hybridized carbons (Fsp3) is 0.700. The van der Waals surface area contributed by atoms with Crippen molar-refractivity contribution in [2.24, 2.45) is 17.3 Å². The van der Waals surface area contributed by atoms with Gasteiger partial charge in [0.2, 0.25) is 0 Å². The van der Waals surface area contributed by atoms with E-state index in [9.17, 15) is 5.11 Å². The number of benzene rings is 1. The lowest BCUT2D eigenvalue weighted by Crippen LogP contribution is -2.31. The van der Waals surface area contributed by atoms with Gasteiger partial charge in [0, 0.05) is 0 Å². The SMILES string of the molecule is CCc1ccc(CC(O)C2CCC(C(C)(C)C)CC2)cc1. The number of aryl methyl sites for hydroxylation is 1. The zero-order valence-corrected chi connectivity index (χ0v) is 14.2. The van der Waals surface area contributed by atoms with Gasteiger partial charge in [-0.15, -0.1) is 0 Å². The summed E-state index contributed by atoms with van der Waals surface area (Å²) >= 11 is 0. The van der Waals surface area contributed by atoms with Gasteiger partial charge in [-0.05, 0) is 66.9 Å². The molecule has 0 radical (unpaired) electrons. The molecular formula is C20H32O. The van der Waals surface area contributed by atoms with Crippen molar-refractivity contribution in [2.75, 3.05) is 0 Å². The molecule has 0 heterocycles. The predicted molar refractivity (Wildman–Crippen MR) is 90.4 cm³/mol. The van der Waals surface area contributed by atoms with Crippen molar-refractivity contribution in [3.8, 4) is 0 Å². The maximum absolute atomic E-state index is 10.5. The summed E-state index contributed by atoms with van der Waals surface area (Å²) in [6.07, 6.45) is 6.67. The molecule has 1 aliphatic rings. The van der Waals surface area contributed by atoms with Crippen molar-refractivity contribution in [1.82, 2.24) is 0 Å². The zero-order valence-electron chi connectivity index (χ0n) is 14.2. The predicted octanol–water partition coefficient (Wildman–Crippen LogP) is 5.00. The molecule has 0 bridgehead atoms. The minimum absolute atomic E-state index is 0.168. The molecule has 1 unspecified atom stereocenters. The highest BCUT2D eigenvalue weighted by Gasteiger charge is 2.32. The molecule has 1 atom stereocenters. The third-order valence-corrected chi connectivity index (χ3v) is 5.42. The minimum Gasteiger partial charge on any atom is -0.392 e. The summed E-state index contributed by atoms with van der Waals surface area (Å²) in [5.41, 5.74) is 3.07. The Bertz CT molecular complexity index is 418. The van der Waals surface area contributed by atoms with Crippen LogP contribution < -0.4 is 0 Å². The van der Waals surface area contributed by atoms with Gasteiger partial charge in [-0.1, -0.05) is 52.0 Å². The van der Waals surface area contributed by atoms with Crippen molar-refractivity contribution < 1.29 is 5.11 Å². The van der Waals surface area contributed by atoms with Gasteiger partial charge < -0.3 is 5.11 Å². The summed E-state index contributed by atoms with van der Waals surface area (Å²) in [5.74, 6) is 1.32. The van der Waals surface area contributed by atoms with Gasteiger partial charge >= 0.3 is 0 Å². The second-order valence-electron chi connectivity index (χ2n) is 7.92. The molecule has 0 amide bonds. The van der Waals surface area contributed by atoms with Gasteiger partial charge in [-0.3, -0.25) is 0 Å². The first kappa shape index (κ1) is 16.5. The summed E-state index contributed by atoms with van der Waals surface area (Å²) < 4.78 is 0. The van der Waals surface area contributed by atoms with Crippen LogP contribution in [0.2, 0.25) is 0 Å². The lowest BCUT2D eigenvalue weighted by molar-refractivity contribution is 0.0537. The first-order valence-electron chi connectivity index (χ1n) is 8.66. The largest absolute Gasteiger partial charge is 0.392 e. The molecule has 0 saturated heterocycles. The quantitative estimate of drug-likeness (QED) is 0.826. The van der Waals surface area contributed by atoms with Gasteiger partial charge in [-0.25, -0.2) is 0 Å². The number of aliphatic hydroxyl groups excluding tert-OH is 1. The number of hydrogen-bond acceptors (Lipinski definition) is 1. The molecule has 1 aromatic carbocycles. The van der Waals surface area contributed by atoms with Gasteiger partial charge in [0.25, 0.3) is 0 Å². The summed E-state index contributed by atoms with van der Waals surface area (Å²) in [7, 11) is 0. The highest BCUT2D eigenvalue weighted by atomic mass is 16.3. The van der Waals surface area contributed by atoms with Crippen LogP contribution in [-0.4, -0.2) is 11.2 Å². The smallest absolute Gasteiger partial charge is 0.0608 e. The molecule has 0 aliphatic heterocycles. The Morgan fingerprint density at radius 1 is 1.00 bits per heavy atom. The maximum atomic E-state index is 10.5. The first-order chi connectivity index (χ1) is 9.90. The van der Waals surface area contributed by atoms with Crippen LogP contribution in [0.15, 0.2) is 24.3 Å². The second-order valence-corrected chi connectivity index (χ2v) is 7.92. The topological polar surface area (TPSA) is 20.2 Å². The van der Waals surface area contributed by atoms with Crippen molar-refractivity contribution >= 4 is 0 Å². The van der Waals surface area contributed by atoms with E-state index in [2.05, 4.69) is 52.0 Å². The van der Waals surface area contributed by atoms with Crippen molar-refractivity contribution in [3.05, 3.63) is 35.4 Å². The molecule has 0 spiro atoms. The summed E-state index contributed by atoms with van der Waals surface area (Å²) in [4.78, 5) is 0. The van der Waals surface area contributed by atoms with E-state index in [0.717, 1.165) is 18.8 Å². The highest BCUT2D eigenvalue weighted by Crippen LogP contribution is 2.41. The summed E-state index contributed by atoms with van der Waals surface area (Å²) in [6.45, 7) is 9.23. The third-order valence-electron chi connectivity index (χ3n) is 5.42. The van der Waals surface area contributed by atoms with E-state index < -0.39 is 0 Å². The lowest BCUT2D eigenvalue weighted by atomic mass is 9.68. The highest BCUT2D eigenvalue weighted by molar-refractivity contribution is 5.23. The standard InChI is InChI=1S/C20H32O/c1-5-15-6-8-16(9-7-15)14-19(21)17-10-12-18(13-11-17)20(2,3)4/h6-9,17-19,21H,5,10-14H2,1-4H3. The molecule has 2 rings (SSSR count). The van der Waals surface area contributed by atoms with Crippen LogP contribution in [0.4, 0.5) is 0 Å². The van der Waals surface area contributed by atoms with E-state index in [1.807, 2.05) is 0 Å². The Kier molecular flexibility index (Phi) is 5.48. The Hall–Kier alpha value is -0.820. The van der Waals surface area contributed by atoms with Crippen LogP contribution >= 0.6 is 0 Å². The second kappa shape index (κ2) is 6.96. The van der Waals surface area contributed by atoms with E-state index >= 15 is 0 Å². The maximum Gasteiger partial charge on any atom is 0.0608 e. The van der Waals surface area contributed by atoms with Crippen LogP contribution in [0.5, 0.6) is 0 Å². The Morgan fingerprint density at radius 3 is 2.00 bits per heavy atom. The molecule has 1 N–H and O–H groups in total. The Morgan fingerprint density at radius 2 is 1.52 bits per heavy atom.